The Kier molecular flexibility index (Phi) is 7.34. The Labute approximate surface area is 158 Å². The molecule has 0 saturated carbocycles. The summed E-state index contributed by atoms with van der Waals surface area (Å²) < 4.78 is 4.97. The van der Waals surface area contributed by atoms with Gasteiger partial charge in [0, 0.05) is 12.4 Å². The summed E-state index contributed by atoms with van der Waals surface area (Å²) in [7, 11) is 0. The van der Waals surface area contributed by atoms with Gasteiger partial charge in [0.25, 0.3) is 11.8 Å². The van der Waals surface area contributed by atoms with E-state index in [4.69, 9.17) is 27.9 Å². The molecule has 0 aliphatic carbocycles. The van der Waals surface area contributed by atoms with Gasteiger partial charge in [-0.05, 0) is 24.3 Å². The lowest BCUT2D eigenvalue weighted by Gasteiger charge is -2.09. The van der Waals surface area contributed by atoms with Crippen LogP contribution in [0.4, 0.5) is 5.69 Å². The van der Waals surface area contributed by atoms with Gasteiger partial charge in [-0.3, -0.25) is 30.2 Å². The summed E-state index contributed by atoms with van der Waals surface area (Å²) in [4.78, 5) is 38.8. The molecule has 0 unspecified atom stereocenters. The molecule has 136 valence electrons. The van der Waals surface area contributed by atoms with Crippen molar-refractivity contribution >= 4 is 46.6 Å². The third-order valence-electron chi connectivity index (χ3n) is 2.93. The summed E-state index contributed by atoms with van der Waals surface area (Å²) in [5.41, 5.74) is 4.98. The number of nitrogens with zero attached hydrogens (tertiary/aromatic N) is 1. The molecule has 0 aliphatic rings. The highest BCUT2D eigenvalue weighted by Gasteiger charge is 2.10. The molecule has 3 amide bonds. The smallest absolute Gasteiger partial charge is 0.271 e. The Morgan fingerprint density at radius 3 is 2.50 bits per heavy atom. The first-order valence-corrected chi connectivity index (χ1v) is 8.04. The SMILES string of the molecule is O=C(COCC(=O)Nc1cccc(Cl)c1Cl)NNC(=O)c1cccnc1. The summed E-state index contributed by atoms with van der Waals surface area (Å²) in [6, 6.07) is 7.91. The van der Waals surface area contributed by atoms with Gasteiger partial charge in [-0.2, -0.15) is 0 Å². The van der Waals surface area contributed by atoms with Crippen LogP contribution in [0.2, 0.25) is 10.0 Å². The first kappa shape index (κ1) is 19.6. The summed E-state index contributed by atoms with van der Waals surface area (Å²) >= 11 is 11.8. The van der Waals surface area contributed by atoms with Crippen LogP contribution in [0.15, 0.2) is 42.7 Å². The molecule has 8 nitrogen and oxygen atoms in total. The first-order valence-electron chi connectivity index (χ1n) is 7.28. The number of rotatable bonds is 6. The van der Waals surface area contributed by atoms with Gasteiger partial charge in [0.2, 0.25) is 5.91 Å². The third-order valence-corrected chi connectivity index (χ3v) is 3.75. The second-order valence-electron chi connectivity index (χ2n) is 4.89. The van der Waals surface area contributed by atoms with Gasteiger partial charge in [0.05, 0.1) is 21.3 Å². The van der Waals surface area contributed by atoms with E-state index in [0.29, 0.717) is 10.7 Å². The number of amides is 3. The normalized spacial score (nSPS) is 10.1. The van der Waals surface area contributed by atoms with Crippen LogP contribution in [0.3, 0.4) is 0 Å². The van der Waals surface area contributed by atoms with Crippen molar-refractivity contribution in [3.05, 3.63) is 58.3 Å². The fraction of sp³-hybridized carbons (Fsp3) is 0.125. The Morgan fingerprint density at radius 2 is 1.77 bits per heavy atom. The first-order chi connectivity index (χ1) is 12.5. The molecule has 0 fully saturated rings. The zero-order valence-corrected chi connectivity index (χ0v) is 14.8. The zero-order chi connectivity index (χ0) is 18.9. The Bertz CT molecular complexity index is 802. The second-order valence-corrected chi connectivity index (χ2v) is 5.67. The maximum atomic E-state index is 11.8. The molecule has 2 rings (SSSR count). The maximum Gasteiger partial charge on any atom is 0.271 e. The Hall–Kier alpha value is -2.68. The molecule has 1 heterocycles. The molecule has 2 aromatic rings. The average Bonchev–Trinajstić information content (AvgIpc) is 2.64. The van der Waals surface area contributed by atoms with Crippen LogP contribution in [0.25, 0.3) is 0 Å². The van der Waals surface area contributed by atoms with E-state index in [-0.39, 0.29) is 17.2 Å². The fourth-order valence-electron chi connectivity index (χ4n) is 1.75. The van der Waals surface area contributed by atoms with Gasteiger partial charge in [0.15, 0.2) is 0 Å². The van der Waals surface area contributed by atoms with Crippen molar-refractivity contribution in [2.24, 2.45) is 0 Å². The van der Waals surface area contributed by atoms with E-state index in [1.807, 2.05) is 0 Å². The highest BCUT2D eigenvalue weighted by Crippen LogP contribution is 2.29. The highest BCUT2D eigenvalue weighted by atomic mass is 35.5. The number of pyridine rings is 1. The molecule has 0 bridgehead atoms. The number of hydrogen-bond acceptors (Lipinski definition) is 5. The molecular formula is C16H14Cl2N4O4. The predicted octanol–water partition coefficient (Wildman–Crippen LogP) is 1.80. The van der Waals surface area contributed by atoms with E-state index in [1.165, 1.54) is 18.5 Å². The van der Waals surface area contributed by atoms with Crippen molar-refractivity contribution in [2.45, 2.75) is 0 Å². The number of benzene rings is 1. The number of hydrogen-bond donors (Lipinski definition) is 3. The summed E-state index contributed by atoms with van der Waals surface area (Å²) in [5, 5.41) is 3.01. The van der Waals surface area contributed by atoms with Gasteiger partial charge in [-0.1, -0.05) is 29.3 Å². The third kappa shape index (κ3) is 5.99. The number of nitrogens with one attached hydrogen (secondary N) is 3. The van der Waals surface area contributed by atoms with Crippen LogP contribution in [0.5, 0.6) is 0 Å². The van der Waals surface area contributed by atoms with Crippen LogP contribution < -0.4 is 16.2 Å². The van der Waals surface area contributed by atoms with Crippen LogP contribution in [0, 0.1) is 0 Å². The number of anilines is 1. The summed E-state index contributed by atoms with van der Waals surface area (Å²) in [6.07, 6.45) is 2.87. The largest absolute Gasteiger partial charge is 0.362 e. The summed E-state index contributed by atoms with van der Waals surface area (Å²) in [5.74, 6) is -1.67. The summed E-state index contributed by atoms with van der Waals surface area (Å²) in [6.45, 7) is -0.809. The fourth-order valence-corrected chi connectivity index (χ4v) is 2.10. The van der Waals surface area contributed by atoms with E-state index < -0.39 is 24.3 Å². The molecule has 10 heteroatoms. The second kappa shape index (κ2) is 9.71. The van der Waals surface area contributed by atoms with E-state index in [0.717, 1.165) is 0 Å². The van der Waals surface area contributed by atoms with Crippen LogP contribution in [-0.2, 0) is 14.3 Å². The van der Waals surface area contributed by atoms with Crippen molar-refractivity contribution in [1.29, 1.82) is 0 Å². The number of aromatic nitrogens is 1. The van der Waals surface area contributed by atoms with Gasteiger partial charge in [-0.15, -0.1) is 0 Å². The van der Waals surface area contributed by atoms with Crippen molar-refractivity contribution in [3.8, 4) is 0 Å². The molecule has 26 heavy (non-hydrogen) atoms. The van der Waals surface area contributed by atoms with Gasteiger partial charge < -0.3 is 10.1 Å². The van der Waals surface area contributed by atoms with Crippen molar-refractivity contribution in [3.63, 3.8) is 0 Å². The maximum absolute atomic E-state index is 11.8. The van der Waals surface area contributed by atoms with E-state index in [1.54, 1.807) is 24.3 Å². The van der Waals surface area contributed by atoms with Gasteiger partial charge >= 0.3 is 0 Å². The molecular weight excluding hydrogens is 383 g/mol. The molecule has 0 spiro atoms. The zero-order valence-electron chi connectivity index (χ0n) is 13.3. The Balaban J connectivity index is 1.68. The lowest BCUT2D eigenvalue weighted by Crippen LogP contribution is -2.43. The number of carbonyl (C=O) groups is 3. The standard InChI is InChI=1S/C16H14Cl2N4O4/c17-11-4-1-5-12(15(11)18)20-13(23)8-26-9-14(24)21-22-16(25)10-3-2-6-19-7-10/h1-7H,8-9H2,(H,20,23)(H,21,24)(H,22,25). The molecule has 1 aromatic carbocycles. The van der Waals surface area contributed by atoms with Gasteiger partial charge in [-0.25, -0.2) is 0 Å². The van der Waals surface area contributed by atoms with E-state index in [2.05, 4.69) is 21.2 Å². The predicted molar refractivity (Wildman–Crippen MR) is 95.8 cm³/mol. The number of ether oxygens (including phenoxy) is 1. The monoisotopic (exact) mass is 396 g/mol. The van der Waals surface area contributed by atoms with E-state index in [9.17, 15) is 14.4 Å². The van der Waals surface area contributed by atoms with Crippen LogP contribution in [-0.4, -0.2) is 35.9 Å². The minimum atomic E-state index is -0.629. The quantitative estimate of drug-likeness (QED) is 0.644. The lowest BCUT2D eigenvalue weighted by molar-refractivity contribution is -0.129. The van der Waals surface area contributed by atoms with Gasteiger partial charge in [0.1, 0.15) is 13.2 Å². The number of carbonyl (C=O) groups excluding carboxylic acids is 3. The van der Waals surface area contributed by atoms with Crippen molar-refractivity contribution in [1.82, 2.24) is 15.8 Å². The highest BCUT2D eigenvalue weighted by molar-refractivity contribution is 6.44. The molecule has 0 atom stereocenters. The van der Waals surface area contributed by atoms with Crippen molar-refractivity contribution in [2.75, 3.05) is 18.5 Å². The molecule has 0 aliphatic heterocycles. The van der Waals surface area contributed by atoms with E-state index >= 15 is 0 Å². The van der Waals surface area contributed by atoms with Crippen LogP contribution >= 0.6 is 23.2 Å². The average molecular weight is 397 g/mol. The topological polar surface area (TPSA) is 109 Å². The minimum absolute atomic E-state index is 0.207. The lowest BCUT2D eigenvalue weighted by atomic mass is 10.3. The molecule has 0 saturated heterocycles. The Morgan fingerprint density at radius 1 is 1.00 bits per heavy atom. The van der Waals surface area contributed by atoms with Crippen molar-refractivity contribution < 1.29 is 19.1 Å². The number of halogens is 2. The molecule has 0 radical (unpaired) electrons. The van der Waals surface area contributed by atoms with Crippen LogP contribution in [0.1, 0.15) is 10.4 Å². The molecule has 3 N–H and O–H groups in total. The minimum Gasteiger partial charge on any atom is -0.362 e. The molecule has 1 aromatic heterocycles. The number of hydrazine groups is 1.